The molecule has 0 fully saturated rings. The van der Waals surface area contributed by atoms with E-state index in [4.69, 9.17) is 0 Å². The molecule has 0 radical (unpaired) electrons. The van der Waals surface area contributed by atoms with Gasteiger partial charge in [-0.1, -0.05) is 6.07 Å². The number of carboxylic acid groups (broad SMARTS) is 1. The van der Waals surface area contributed by atoms with Crippen molar-refractivity contribution < 1.29 is 18.7 Å². The van der Waals surface area contributed by atoms with E-state index < -0.39 is 17.6 Å². The predicted octanol–water partition coefficient (Wildman–Crippen LogP) is 4.00. The molecule has 0 bridgehead atoms. The van der Waals surface area contributed by atoms with E-state index in [1.165, 1.54) is 11.8 Å². The zero-order valence-electron chi connectivity index (χ0n) is 11.2. The summed E-state index contributed by atoms with van der Waals surface area (Å²) in [6.07, 6.45) is 1.78. The molecule has 0 spiro atoms. The second-order valence-corrected chi connectivity index (χ2v) is 5.13. The number of nitrogens with one attached hydrogen (secondary N) is 1. The molecule has 6 heteroatoms. The van der Waals surface area contributed by atoms with Gasteiger partial charge < -0.3 is 10.4 Å². The number of halogens is 2. The van der Waals surface area contributed by atoms with Crippen molar-refractivity contribution in [1.82, 2.24) is 0 Å². The van der Waals surface area contributed by atoms with Gasteiger partial charge in [0.1, 0.15) is 11.6 Å². The molecular weight excluding hydrogens is 296 g/mol. The first kappa shape index (κ1) is 15.3. The molecule has 3 nitrogen and oxygen atoms in total. The predicted molar refractivity (Wildman–Crippen MR) is 78.9 cm³/mol. The molecule has 0 heterocycles. The number of hydrogen-bond donors (Lipinski definition) is 2. The van der Waals surface area contributed by atoms with Crippen LogP contribution in [-0.2, 0) is 6.54 Å². The Kier molecular flexibility index (Phi) is 4.80. The third-order valence-electron chi connectivity index (χ3n) is 2.94. The van der Waals surface area contributed by atoms with E-state index >= 15 is 0 Å². The number of rotatable bonds is 5. The lowest BCUT2D eigenvalue weighted by atomic mass is 10.1. The lowest BCUT2D eigenvalue weighted by molar-refractivity contribution is 0.0694. The van der Waals surface area contributed by atoms with Crippen molar-refractivity contribution in [3.8, 4) is 0 Å². The fourth-order valence-electron chi connectivity index (χ4n) is 1.94. The molecule has 2 rings (SSSR count). The Bertz CT molecular complexity index is 677. The second kappa shape index (κ2) is 6.58. The molecule has 0 atom stereocenters. The molecule has 0 aliphatic rings. The van der Waals surface area contributed by atoms with E-state index in [0.717, 1.165) is 18.2 Å². The van der Waals surface area contributed by atoms with Gasteiger partial charge in [0, 0.05) is 17.0 Å². The quantitative estimate of drug-likeness (QED) is 0.820. The number of thioether (sulfide) groups is 1. The van der Waals surface area contributed by atoms with E-state index in [1.54, 1.807) is 24.5 Å². The topological polar surface area (TPSA) is 49.3 Å². The van der Waals surface area contributed by atoms with Crippen molar-refractivity contribution in [1.29, 1.82) is 0 Å². The van der Waals surface area contributed by atoms with Crippen LogP contribution in [0.2, 0.25) is 0 Å². The van der Waals surface area contributed by atoms with E-state index in [1.807, 2.05) is 0 Å². The van der Waals surface area contributed by atoms with Gasteiger partial charge in [-0.05, 0) is 36.6 Å². The van der Waals surface area contributed by atoms with E-state index in [2.05, 4.69) is 5.32 Å². The Morgan fingerprint density at radius 1 is 1.29 bits per heavy atom. The summed E-state index contributed by atoms with van der Waals surface area (Å²) in [5, 5.41) is 12.1. The van der Waals surface area contributed by atoms with Crippen LogP contribution in [0.4, 0.5) is 14.5 Å². The van der Waals surface area contributed by atoms with Gasteiger partial charge in [0.25, 0.3) is 0 Å². The summed E-state index contributed by atoms with van der Waals surface area (Å²) in [5.41, 5.74) is 0.640. The highest BCUT2D eigenvalue weighted by atomic mass is 32.2. The summed E-state index contributed by atoms with van der Waals surface area (Å²) >= 11 is 1.31. The Balaban J connectivity index is 2.28. The fraction of sp³-hybridized carbons (Fsp3) is 0.133. The average molecular weight is 309 g/mol. The van der Waals surface area contributed by atoms with Crippen molar-refractivity contribution >= 4 is 23.4 Å². The highest BCUT2D eigenvalue weighted by molar-refractivity contribution is 7.98. The molecule has 0 amide bonds. The maximum absolute atomic E-state index is 13.5. The largest absolute Gasteiger partial charge is 0.478 e. The molecule has 2 N–H and O–H groups in total. The number of anilines is 1. The van der Waals surface area contributed by atoms with Gasteiger partial charge in [0.15, 0.2) is 0 Å². The number of hydrogen-bond acceptors (Lipinski definition) is 3. The van der Waals surface area contributed by atoms with Crippen LogP contribution < -0.4 is 5.32 Å². The van der Waals surface area contributed by atoms with E-state index in [9.17, 15) is 18.7 Å². The van der Waals surface area contributed by atoms with Gasteiger partial charge >= 0.3 is 5.97 Å². The Morgan fingerprint density at radius 2 is 2.05 bits per heavy atom. The van der Waals surface area contributed by atoms with Crippen LogP contribution in [0.25, 0.3) is 0 Å². The van der Waals surface area contributed by atoms with Gasteiger partial charge in [-0.25, -0.2) is 13.6 Å². The monoisotopic (exact) mass is 309 g/mol. The highest BCUT2D eigenvalue weighted by Gasteiger charge is 2.15. The summed E-state index contributed by atoms with van der Waals surface area (Å²) in [4.78, 5) is 12.0. The molecule has 21 heavy (non-hydrogen) atoms. The van der Waals surface area contributed by atoms with Gasteiger partial charge in [-0.2, -0.15) is 0 Å². The Labute approximate surface area is 125 Å². The smallest absolute Gasteiger partial charge is 0.338 e. The minimum atomic E-state index is -1.07. The van der Waals surface area contributed by atoms with Gasteiger partial charge in [0.05, 0.1) is 11.3 Å². The number of carbonyl (C=O) groups is 1. The van der Waals surface area contributed by atoms with Crippen LogP contribution in [0.5, 0.6) is 0 Å². The molecule has 0 saturated heterocycles. The van der Waals surface area contributed by atoms with Gasteiger partial charge in [-0.15, -0.1) is 11.8 Å². The normalized spacial score (nSPS) is 10.4. The second-order valence-electron chi connectivity index (χ2n) is 4.28. The first-order valence-corrected chi connectivity index (χ1v) is 7.33. The third kappa shape index (κ3) is 3.52. The summed E-state index contributed by atoms with van der Waals surface area (Å²) in [7, 11) is 0. The molecule has 0 aromatic heterocycles. The van der Waals surface area contributed by atoms with E-state index in [0.29, 0.717) is 10.6 Å². The summed E-state index contributed by atoms with van der Waals surface area (Å²) in [6, 6.07) is 8.17. The lowest BCUT2D eigenvalue weighted by Crippen LogP contribution is -2.08. The summed E-state index contributed by atoms with van der Waals surface area (Å²) in [6.45, 7) is 0.00169. The van der Waals surface area contributed by atoms with Crippen LogP contribution in [0.15, 0.2) is 41.3 Å². The molecule has 0 aliphatic carbocycles. The average Bonchev–Trinajstić information content (AvgIpc) is 2.47. The number of benzene rings is 2. The maximum atomic E-state index is 13.5. The Hall–Kier alpha value is -2.08. The minimum absolute atomic E-state index is 0.00169. The molecule has 0 aliphatic heterocycles. The standard InChI is InChI=1S/C15H13F2NO2S/c1-21-13-4-2-3-12(14(13)15(19)20)18-8-9-7-10(16)5-6-11(9)17/h2-7,18H,8H2,1H3,(H,19,20). The van der Waals surface area contributed by atoms with E-state index in [-0.39, 0.29) is 17.7 Å². The maximum Gasteiger partial charge on any atom is 0.338 e. The SMILES string of the molecule is CSc1cccc(NCc2cc(F)ccc2F)c1C(=O)O. The fourth-order valence-corrected chi connectivity index (χ4v) is 2.55. The zero-order valence-corrected chi connectivity index (χ0v) is 12.0. The van der Waals surface area contributed by atoms with Crippen LogP contribution in [0.1, 0.15) is 15.9 Å². The number of carboxylic acids is 1. The van der Waals surface area contributed by atoms with Gasteiger partial charge in [-0.3, -0.25) is 0 Å². The third-order valence-corrected chi connectivity index (χ3v) is 3.72. The van der Waals surface area contributed by atoms with Crippen molar-refractivity contribution in [2.75, 3.05) is 11.6 Å². The summed E-state index contributed by atoms with van der Waals surface area (Å²) in [5.74, 6) is -2.14. The molecule has 2 aromatic carbocycles. The van der Waals surface area contributed by atoms with Crippen molar-refractivity contribution in [2.45, 2.75) is 11.4 Å². The lowest BCUT2D eigenvalue weighted by Gasteiger charge is -2.12. The summed E-state index contributed by atoms with van der Waals surface area (Å²) < 4.78 is 26.7. The molecular formula is C15H13F2NO2S. The molecule has 2 aromatic rings. The highest BCUT2D eigenvalue weighted by Crippen LogP contribution is 2.27. The molecule has 0 unspecified atom stereocenters. The van der Waals surface area contributed by atoms with Crippen LogP contribution >= 0.6 is 11.8 Å². The first-order valence-electron chi connectivity index (χ1n) is 6.11. The first-order chi connectivity index (χ1) is 10.0. The van der Waals surface area contributed by atoms with Crippen LogP contribution in [-0.4, -0.2) is 17.3 Å². The van der Waals surface area contributed by atoms with Crippen molar-refractivity contribution in [2.24, 2.45) is 0 Å². The van der Waals surface area contributed by atoms with Crippen molar-refractivity contribution in [3.63, 3.8) is 0 Å². The zero-order chi connectivity index (χ0) is 15.4. The molecule has 110 valence electrons. The minimum Gasteiger partial charge on any atom is -0.478 e. The number of aromatic carboxylic acids is 1. The van der Waals surface area contributed by atoms with Crippen LogP contribution in [0, 0.1) is 11.6 Å². The van der Waals surface area contributed by atoms with Crippen LogP contribution in [0.3, 0.4) is 0 Å². The van der Waals surface area contributed by atoms with Crippen molar-refractivity contribution in [3.05, 3.63) is 59.2 Å². The van der Waals surface area contributed by atoms with Gasteiger partial charge in [0.2, 0.25) is 0 Å². The Morgan fingerprint density at radius 3 is 2.71 bits per heavy atom. The molecule has 0 saturated carbocycles.